The van der Waals surface area contributed by atoms with E-state index in [9.17, 15) is 4.79 Å². The van der Waals surface area contributed by atoms with E-state index in [1.807, 2.05) is 12.1 Å². The van der Waals surface area contributed by atoms with E-state index >= 15 is 0 Å². The summed E-state index contributed by atoms with van der Waals surface area (Å²) in [5.41, 5.74) is 3.40. The summed E-state index contributed by atoms with van der Waals surface area (Å²) in [7, 11) is 0. The quantitative estimate of drug-likeness (QED) is 0.784. The van der Waals surface area contributed by atoms with Gasteiger partial charge in [0.25, 0.3) is 11.4 Å². The van der Waals surface area contributed by atoms with Gasteiger partial charge in [0.15, 0.2) is 0 Å². The van der Waals surface area contributed by atoms with Crippen LogP contribution in [0.5, 0.6) is 0 Å². The average molecular weight is 322 g/mol. The summed E-state index contributed by atoms with van der Waals surface area (Å²) in [5.74, 6) is 0.664. The van der Waals surface area contributed by atoms with Crippen molar-refractivity contribution in [2.45, 2.75) is 33.1 Å². The second-order valence-electron chi connectivity index (χ2n) is 7.02. The predicted octanol–water partition coefficient (Wildman–Crippen LogP) is 3.00. The Morgan fingerprint density at radius 2 is 2.21 bits per heavy atom. The van der Waals surface area contributed by atoms with Gasteiger partial charge in [0.1, 0.15) is 5.56 Å². The monoisotopic (exact) mass is 322 g/mol. The fourth-order valence-electron chi connectivity index (χ4n) is 3.16. The number of hydrogen-bond donors (Lipinski definition) is 1. The van der Waals surface area contributed by atoms with E-state index in [4.69, 9.17) is 4.52 Å². The fourth-order valence-corrected chi connectivity index (χ4v) is 3.16. The molecule has 0 amide bonds. The van der Waals surface area contributed by atoms with Crippen LogP contribution in [0.1, 0.15) is 31.5 Å². The Balaban J connectivity index is 1.75. The number of rotatable bonds is 2. The molecule has 0 saturated heterocycles. The van der Waals surface area contributed by atoms with Gasteiger partial charge in [-0.25, -0.2) is 0 Å². The largest absolute Gasteiger partial charge is 0.333 e. The molecule has 0 aliphatic heterocycles. The van der Waals surface area contributed by atoms with Crippen LogP contribution in [-0.4, -0.2) is 20.1 Å². The van der Waals surface area contributed by atoms with Crippen molar-refractivity contribution in [1.82, 2.24) is 20.1 Å². The molecule has 1 N–H and O–H groups in total. The number of pyridine rings is 2. The number of aryl methyl sites for hydroxylation is 1. The van der Waals surface area contributed by atoms with Crippen molar-refractivity contribution in [1.29, 1.82) is 0 Å². The molecular formula is C18H18N4O2. The summed E-state index contributed by atoms with van der Waals surface area (Å²) in [6.45, 7) is 4.49. The van der Waals surface area contributed by atoms with Crippen LogP contribution < -0.4 is 5.56 Å². The SMILES string of the molecule is CC1(C)CCc2[nH]c(=O)c(-c3nc(-c4cccnc4)no3)cc2C1. The predicted molar refractivity (Wildman–Crippen MR) is 89.4 cm³/mol. The van der Waals surface area contributed by atoms with Crippen LogP contribution in [0.25, 0.3) is 22.8 Å². The summed E-state index contributed by atoms with van der Waals surface area (Å²) in [6, 6.07) is 5.55. The van der Waals surface area contributed by atoms with E-state index in [0.717, 1.165) is 36.1 Å². The smallest absolute Gasteiger partial charge is 0.263 e. The van der Waals surface area contributed by atoms with Crippen LogP contribution in [0.4, 0.5) is 0 Å². The van der Waals surface area contributed by atoms with Crippen molar-refractivity contribution in [3.8, 4) is 22.8 Å². The number of aromatic nitrogens is 4. The molecule has 1 aliphatic rings. The van der Waals surface area contributed by atoms with E-state index in [-0.39, 0.29) is 16.9 Å². The lowest BCUT2D eigenvalue weighted by Crippen LogP contribution is -2.26. The molecule has 0 saturated carbocycles. The van der Waals surface area contributed by atoms with Crippen molar-refractivity contribution in [3.05, 3.63) is 52.2 Å². The zero-order valence-corrected chi connectivity index (χ0v) is 13.7. The lowest BCUT2D eigenvalue weighted by atomic mass is 9.76. The van der Waals surface area contributed by atoms with Crippen LogP contribution in [0.15, 0.2) is 39.9 Å². The van der Waals surface area contributed by atoms with Gasteiger partial charge in [-0.15, -0.1) is 0 Å². The molecule has 3 aromatic rings. The summed E-state index contributed by atoms with van der Waals surface area (Å²) < 4.78 is 5.32. The molecular weight excluding hydrogens is 304 g/mol. The molecule has 1 aliphatic carbocycles. The van der Waals surface area contributed by atoms with Gasteiger partial charge in [0, 0.05) is 23.7 Å². The maximum Gasteiger partial charge on any atom is 0.263 e. The highest BCUT2D eigenvalue weighted by Gasteiger charge is 2.27. The first kappa shape index (κ1) is 14.8. The Bertz CT molecular complexity index is 941. The second-order valence-corrected chi connectivity index (χ2v) is 7.02. The lowest BCUT2D eigenvalue weighted by Gasteiger charge is -2.30. The first-order valence-electron chi connectivity index (χ1n) is 8.01. The van der Waals surface area contributed by atoms with Gasteiger partial charge in [-0.1, -0.05) is 19.0 Å². The standard InChI is InChI=1S/C18H18N4O2/c1-18(2)6-5-14-12(9-18)8-13(16(23)20-14)17-21-15(22-24-17)11-4-3-7-19-10-11/h3-4,7-8,10H,5-6,9H2,1-2H3,(H,20,23). The molecule has 0 radical (unpaired) electrons. The molecule has 0 fully saturated rings. The molecule has 0 aromatic carbocycles. The Morgan fingerprint density at radius 1 is 1.33 bits per heavy atom. The lowest BCUT2D eigenvalue weighted by molar-refractivity contribution is 0.312. The van der Waals surface area contributed by atoms with Crippen molar-refractivity contribution in [2.24, 2.45) is 5.41 Å². The van der Waals surface area contributed by atoms with Crippen LogP contribution in [0.2, 0.25) is 0 Å². The third-order valence-corrected chi connectivity index (χ3v) is 4.51. The Labute approximate surface area is 139 Å². The summed E-state index contributed by atoms with van der Waals surface area (Å²) >= 11 is 0. The van der Waals surface area contributed by atoms with Gasteiger partial charge in [-0.05, 0) is 48.4 Å². The van der Waals surface area contributed by atoms with Gasteiger partial charge < -0.3 is 9.51 Å². The minimum atomic E-state index is -0.185. The zero-order valence-electron chi connectivity index (χ0n) is 13.7. The second kappa shape index (κ2) is 5.40. The molecule has 4 rings (SSSR count). The molecule has 24 heavy (non-hydrogen) atoms. The number of nitrogens with one attached hydrogen (secondary N) is 1. The van der Waals surface area contributed by atoms with E-state index < -0.39 is 0 Å². The minimum absolute atomic E-state index is 0.185. The van der Waals surface area contributed by atoms with Crippen LogP contribution in [-0.2, 0) is 12.8 Å². The molecule has 3 aromatic heterocycles. The zero-order chi connectivity index (χ0) is 16.7. The maximum absolute atomic E-state index is 12.4. The van der Waals surface area contributed by atoms with Gasteiger partial charge in [-0.2, -0.15) is 4.98 Å². The van der Waals surface area contributed by atoms with Gasteiger partial charge >= 0.3 is 0 Å². The Morgan fingerprint density at radius 3 is 3.00 bits per heavy atom. The highest BCUT2D eigenvalue weighted by atomic mass is 16.5. The van der Waals surface area contributed by atoms with Gasteiger partial charge in [0.2, 0.25) is 5.82 Å². The normalized spacial score (nSPS) is 15.9. The highest BCUT2D eigenvalue weighted by molar-refractivity contribution is 5.59. The molecule has 6 heteroatoms. The average Bonchev–Trinajstić information content (AvgIpc) is 3.05. The number of nitrogens with zero attached hydrogens (tertiary/aromatic N) is 3. The van der Waals surface area contributed by atoms with E-state index in [0.29, 0.717) is 11.4 Å². The van der Waals surface area contributed by atoms with Crippen LogP contribution in [0.3, 0.4) is 0 Å². The molecule has 6 nitrogen and oxygen atoms in total. The van der Waals surface area contributed by atoms with E-state index in [1.54, 1.807) is 18.5 Å². The Kier molecular flexibility index (Phi) is 3.33. The maximum atomic E-state index is 12.4. The van der Waals surface area contributed by atoms with E-state index in [2.05, 4.69) is 34.0 Å². The molecule has 0 atom stereocenters. The first-order valence-corrected chi connectivity index (χ1v) is 8.01. The van der Waals surface area contributed by atoms with Crippen molar-refractivity contribution in [2.75, 3.05) is 0 Å². The van der Waals surface area contributed by atoms with E-state index in [1.165, 1.54) is 0 Å². The molecule has 3 heterocycles. The summed E-state index contributed by atoms with van der Waals surface area (Å²) in [4.78, 5) is 23.8. The topological polar surface area (TPSA) is 84.7 Å². The molecule has 0 spiro atoms. The van der Waals surface area contributed by atoms with Crippen LogP contribution in [0, 0.1) is 5.41 Å². The third kappa shape index (κ3) is 2.64. The Hall–Kier alpha value is -2.76. The summed E-state index contributed by atoms with van der Waals surface area (Å²) in [5, 5.41) is 3.97. The number of H-pyrrole nitrogens is 1. The number of fused-ring (bicyclic) bond motifs is 1. The van der Waals surface area contributed by atoms with Gasteiger partial charge in [-0.3, -0.25) is 9.78 Å². The third-order valence-electron chi connectivity index (χ3n) is 4.51. The highest BCUT2D eigenvalue weighted by Crippen LogP contribution is 2.34. The molecule has 0 bridgehead atoms. The first-order chi connectivity index (χ1) is 11.5. The molecule has 122 valence electrons. The fraction of sp³-hybridized carbons (Fsp3) is 0.333. The van der Waals surface area contributed by atoms with Crippen molar-refractivity contribution in [3.63, 3.8) is 0 Å². The van der Waals surface area contributed by atoms with Crippen molar-refractivity contribution < 1.29 is 4.52 Å². The number of hydrogen-bond acceptors (Lipinski definition) is 5. The van der Waals surface area contributed by atoms with Crippen molar-refractivity contribution >= 4 is 0 Å². The van der Waals surface area contributed by atoms with Gasteiger partial charge in [0.05, 0.1) is 0 Å². The molecule has 0 unspecified atom stereocenters. The van der Waals surface area contributed by atoms with Crippen LogP contribution >= 0.6 is 0 Å². The number of aromatic amines is 1. The minimum Gasteiger partial charge on any atom is -0.333 e. The summed E-state index contributed by atoms with van der Waals surface area (Å²) in [6.07, 6.45) is 6.23.